The van der Waals surface area contributed by atoms with Gasteiger partial charge in [-0.25, -0.2) is 4.98 Å². The van der Waals surface area contributed by atoms with Gasteiger partial charge in [0.1, 0.15) is 24.2 Å². The second-order valence-electron chi connectivity index (χ2n) is 13.1. The maximum Gasteiger partial charge on any atom is 0.245 e. The van der Waals surface area contributed by atoms with E-state index in [-0.39, 0.29) is 36.0 Å². The number of nitrogens with zero attached hydrogens (tertiary/aromatic N) is 5. The zero-order chi connectivity index (χ0) is 33.0. The van der Waals surface area contributed by atoms with Crippen molar-refractivity contribution in [3.05, 3.63) is 72.7 Å². The van der Waals surface area contributed by atoms with Crippen LogP contribution in [0.5, 0.6) is 5.75 Å². The molecule has 4 heterocycles. The molecule has 3 aliphatic rings. The number of carbonyl (C=O) groups is 4. The lowest BCUT2D eigenvalue weighted by atomic mass is 10.1. The molecule has 11 nitrogen and oxygen atoms in total. The van der Waals surface area contributed by atoms with E-state index < -0.39 is 6.04 Å². The van der Waals surface area contributed by atoms with Gasteiger partial charge in [-0.05, 0) is 56.7 Å². The molecule has 2 aromatic carbocycles. The summed E-state index contributed by atoms with van der Waals surface area (Å²) in [6.45, 7) is 3.17. The van der Waals surface area contributed by atoms with Crippen molar-refractivity contribution >= 4 is 34.4 Å². The molecule has 4 aromatic rings. The van der Waals surface area contributed by atoms with Crippen LogP contribution in [0, 0.1) is 5.92 Å². The Morgan fingerprint density at radius 3 is 2.52 bits per heavy atom. The number of fused-ring (bicyclic) bond motifs is 5. The molecule has 2 fully saturated rings. The molecule has 1 unspecified atom stereocenters. The molecule has 2 aromatic heterocycles. The van der Waals surface area contributed by atoms with E-state index in [1.807, 2.05) is 75.3 Å². The van der Waals surface area contributed by atoms with E-state index in [1.165, 1.54) is 0 Å². The van der Waals surface area contributed by atoms with Crippen molar-refractivity contribution in [3.8, 4) is 17.1 Å². The first-order chi connectivity index (χ1) is 23.4. The van der Waals surface area contributed by atoms with Gasteiger partial charge in [0, 0.05) is 85.7 Å². The number of aromatic nitrogens is 3. The third kappa shape index (κ3) is 7.00. The van der Waals surface area contributed by atoms with Gasteiger partial charge in [-0.15, -0.1) is 0 Å². The summed E-state index contributed by atoms with van der Waals surface area (Å²) in [5.74, 6) is 1.60. The van der Waals surface area contributed by atoms with Gasteiger partial charge in [0.2, 0.25) is 17.7 Å². The minimum atomic E-state index is -0.488. The van der Waals surface area contributed by atoms with Crippen LogP contribution < -0.4 is 10.1 Å². The summed E-state index contributed by atoms with van der Waals surface area (Å²) < 4.78 is 10.1. The van der Waals surface area contributed by atoms with Crippen LogP contribution in [0.2, 0.25) is 0 Å². The molecule has 1 aliphatic carbocycles. The van der Waals surface area contributed by atoms with Crippen LogP contribution in [-0.4, -0.2) is 86.3 Å². The van der Waals surface area contributed by atoms with Crippen molar-refractivity contribution in [1.82, 2.24) is 29.2 Å². The lowest BCUT2D eigenvalue weighted by Crippen LogP contribution is -2.45. The van der Waals surface area contributed by atoms with E-state index in [4.69, 9.17) is 4.74 Å². The van der Waals surface area contributed by atoms with Gasteiger partial charge in [0.15, 0.2) is 5.78 Å². The average Bonchev–Trinajstić information content (AvgIpc) is 3.50. The molecule has 7 rings (SSSR count). The number of benzene rings is 2. The summed E-state index contributed by atoms with van der Waals surface area (Å²) in [5, 5.41) is 3.71. The Morgan fingerprint density at radius 1 is 0.896 bits per heavy atom. The standard InChI is InChI=1S/C37H42N6O5/c44-33-14-13-31(39-33)37(47)42-17-4-3-16-40(20-21-41-19-15-38-36(41)27-7-5-8-28(23-27)48-22-6-18-42)34(45)25-43-24-30(35(46)26-11-12-26)29-9-1-2-10-32(29)43/h1-2,5,7-10,15,19,23-24,26,31H,3-4,6,11-14,16-18,20-22,25H2,(H,39,44). The number of nitrogens with one attached hydrogen (secondary N) is 1. The van der Waals surface area contributed by atoms with E-state index >= 15 is 0 Å². The predicted octanol–water partition coefficient (Wildman–Crippen LogP) is 4.30. The van der Waals surface area contributed by atoms with Crippen LogP contribution in [0.4, 0.5) is 0 Å². The first-order valence-electron chi connectivity index (χ1n) is 17.2. The Bertz CT molecular complexity index is 1820. The summed E-state index contributed by atoms with van der Waals surface area (Å²) in [7, 11) is 0. The number of amides is 3. The van der Waals surface area contributed by atoms with Crippen LogP contribution in [-0.2, 0) is 27.5 Å². The molecule has 11 heteroatoms. The van der Waals surface area contributed by atoms with Crippen molar-refractivity contribution in [2.45, 2.75) is 64.1 Å². The lowest BCUT2D eigenvalue weighted by molar-refractivity contribution is -0.135. The van der Waals surface area contributed by atoms with Crippen LogP contribution >= 0.6 is 0 Å². The molecule has 0 spiro atoms. The molecule has 0 radical (unpaired) electrons. The predicted molar refractivity (Wildman–Crippen MR) is 180 cm³/mol. The summed E-state index contributed by atoms with van der Waals surface area (Å²) in [6, 6.07) is 15.1. The van der Waals surface area contributed by atoms with Crippen molar-refractivity contribution in [3.63, 3.8) is 0 Å². The Labute approximate surface area is 279 Å². The Balaban J connectivity index is 1.12. The normalized spacial score (nSPS) is 19.3. The molecule has 3 amide bonds. The molecule has 2 aliphatic heterocycles. The number of para-hydroxylation sites is 1. The fourth-order valence-corrected chi connectivity index (χ4v) is 6.85. The van der Waals surface area contributed by atoms with Gasteiger partial charge >= 0.3 is 0 Å². The lowest BCUT2D eigenvalue weighted by Gasteiger charge is -2.27. The number of imidazole rings is 1. The number of rotatable bonds is 5. The quantitative estimate of drug-likeness (QED) is 0.322. The molecule has 1 N–H and O–H groups in total. The van der Waals surface area contributed by atoms with Gasteiger partial charge in [-0.3, -0.25) is 19.2 Å². The second-order valence-corrected chi connectivity index (χ2v) is 13.1. The highest BCUT2D eigenvalue weighted by Crippen LogP contribution is 2.35. The van der Waals surface area contributed by atoms with Crippen molar-refractivity contribution < 1.29 is 23.9 Å². The smallest absolute Gasteiger partial charge is 0.245 e. The van der Waals surface area contributed by atoms with E-state index in [1.54, 1.807) is 6.20 Å². The number of ketones is 1. The van der Waals surface area contributed by atoms with Gasteiger partial charge < -0.3 is 29.0 Å². The molecule has 48 heavy (non-hydrogen) atoms. The monoisotopic (exact) mass is 650 g/mol. The number of hydrogen-bond acceptors (Lipinski definition) is 6. The van der Waals surface area contributed by atoms with Crippen LogP contribution in [0.15, 0.2) is 67.1 Å². The van der Waals surface area contributed by atoms with Gasteiger partial charge in [0.25, 0.3) is 0 Å². The maximum atomic E-state index is 14.1. The largest absolute Gasteiger partial charge is 0.494 e. The Kier molecular flexibility index (Phi) is 9.27. The zero-order valence-corrected chi connectivity index (χ0v) is 27.2. The van der Waals surface area contributed by atoms with E-state index in [0.717, 1.165) is 40.9 Å². The topological polar surface area (TPSA) is 119 Å². The highest BCUT2D eigenvalue weighted by molar-refractivity contribution is 6.10. The number of Topliss-reactive ketones (excluding diaryl/α,β-unsaturated/α-hetero) is 1. The van der Waals surface area contributed by atoms with Crippen LogP contribution in [0.25, 0.3) is 22.3 Å². The van der Waals surface area contributed by atoms with E-state index in [0.29, 0.717) is 77.0 Å². The average molecular weight is 651 g/mol. The number of carbonyl (C=O) groups excluding carboxylic acids is 4. The molecular formula is C37H42N6O5. The summed E-state index contributed by atoms with van der Waals surface area (Å²) in [6.07, 6.45) is 10.4. The minimum absolute atomic E-state index is 0.0299. The van der Waals surface area contributed by atoms with E-state index in [2.05, 4.69) is 14.9 Å². The fraction of sp³-hybridized carbons (Fsp3) is 0.432. The van der Waals surface area contributed by atoms with Gasteiger partial charge in [-0.2, -0.15) is 0 Å². The third-order valence-corrected chi connectivity index (χ3v) is 9.63. The zero-order valence-electron chi connectivity index (χ0n) is 27.2. The van der Waals surface area contributed by atoms with Crippen LogP contribution in [0.3, 0.4) is 0 Å². The van der Waals surface area contributed by atoms with E-state index in [9.17, 15) is 19.2 Å². The molecule has 1 saturated carbocycles. The summed E-state index contributed by atoms with van der Waals surface area (Å²) >= 11 is 0. The summed E-state index contributed by atoms with van der Waals surface area (Å²) in [5.41, 5.74) is 2.50. The van der Waals surface area contributed by atoms with Gasteiger partial charge in [-0.1, -0.05) is 30.3 Å². The molecule has 250 valence electrons. The second kappa shape index (κ2) is 14.0. The Morgan fingerprint density at radius 2 is 1.71 bits per heavy atom. The number of ether oxygens (including phenoxy) is 1. The fourth-order valence-electron chi connectivity index (χ4n) is 6.85. The Hall–Kier alpha value is -4.93. The van der Waals surface area contributed by atoms with Gasteiger partial charge in [0.05, 0.1) is 6.61 Å². The molecule has 1 saturated heterocycles. The van der Waals surface area contributed by atoms with Crippen molar-refractivity contribution in [2.24, 2.45) is 5.92 Å². The first kappa shape index (κ1) is 31.7. The third-order valence-electron chi connectivity index (χ3n) is 9.63. The van der Waals surface area contributed by atoms with Crippen molar-refractivity contribution in [2.75, 3.05) is 32.8 Å². The highest BCUT2D eigenvalue weighted by Gasteiger charge is 2.33. The van der Waals surface area contributed by atoms with Crippen LogP contribution in [0.1, 0.15) is 55.3 Å². The maximum absolute atomic E-state index is 14.1. The minimum Gasteiger partial charge on any atom is -0.494 e. The van der Waals surface area contributed by atoms with Crippen molar-refractivity contribution in [1.29, 1.82) is 0 Å². The first-order valence-corrected chi connectivity index (χ1v) is 17.2. The molecule has 2 bridgehead atoms. The SMILES string of the molecule is O=C1CCC(C(=O)N2CCCCN(C(=O)Cn3cc(C(=O)C4CC4)c4ccccc43)CCn3ccnc3-c3cccc(c3)OCCC2)N1. The highest BCUT2D eigenvalue weighted by atomic mass is 16.5. The molecular weight excluding hydrogens is 608 g/mol. The summed E-state index contributed by atoms with van der Waals surface area (Å²) in [4.78, 5) is 60.8. The molecule has 1 atom stereocenters. The number of hydrogen-bond donors (Lipinski definition) is 1.